The first-order chi connectivity index (χ1) is 17.5. The Labute approximate surface area is 215 Å². The number of Topliss-reactive ketones (excluding diaryl/α,β-unsaturated/α-hetero) is 1. The Morgan fingerprint density at radius 2 is 2.03 bits per heavy atom. The average molecular weight is 523 g/mol. The fraction of sp³-hybridized carbons (Fsp3) is 0.222. The first kappa shape index (κ1) is 24.1. The van der Waals surface area contributed by atoms with Crippen molar-refractivity contribution in [3.05, 3.63) is 87.6 Å². The zero-order chi connectivity index (χ0) is 25.2. The molecule has 1 amide bonds. The number of aliphatic hydroxyl groups excluding tert-OH is 1. The Hall–Kier alpha value is -3.56. The lowest BCUT2D eigenvalue weighted by molar-refractivity contribution is -0.117. The van der Waals surface area contributed by atoms with Crippen molar-refractivity contribution in [3.63, 3.8) is 0 Å². The molecule has 0 bridgehead atoms. The molecule has 1 atom stereocenters. The Balaban J connectivity index is 1.59. The van der Waals surface area contributed by atoms with E-state index in [9.17, 15) is 19.1 Å². The highest BCUT2D eigenvalue weighted by atomic mass is 32.1. The van der Waals surface area contributed by atoms with Crippen molar-refractivity contribution >= 4 is 49.7 Å². The van der Waals surface area contributed by atoms with Gasteiger partial charge in [0.15, 0.2) is 10.9 Å². The van der Waals surface area contributed by atoms with Gasteiger partial charge in [0.25, 0.3) is 5.91 Å². The molecule has 4 aromatic rings. The van der Waals surface area contributed by atoms with E-state index in [1.807, 2.05) is 6.07 Å². The van der Waals surface area contributed by atoms with Crippen molar-refractivity contribution in [2.75, 3.05) is 11.5 Å². The number of halogens is 1. The summed E-state index contributed by atoms with van der Waals surface area (Å²) in [4.78, 5) is 33.1. The van der Waals surface area contributed by atoms with Gasteiger partial charge >= 0.3 is 0 Å². The van der Waals surface area contributed by atoms with Gasteiger partial charge in [-0.1, -0.05) is 49.3 Å². The molecular formula is C27H23FN2O4S2. The molecule has 2 aromatic heterocycles. The maximum Gasteiger partial charge on any atom is 0.296 e. The van der Waals surface area contributed by atoms with Crippen LogP contribution in [0.3, 0.4) is 0 Å². The molecule has 1 unspecified atom stereocenters. The number of anilines is 1. The number of thiazole rings is 1. The number of amides is 1. The number of hydrogen-bond donors (Lipinski definition) is 1. The topological polar surface area (TPSA) is 79.7 Å². The highest BCUT2D eigenvalue weighted by Crippen LogP contribution is 2.45. The summed E-state index contributed by atoms with van der Waals surface area (Å²) < 4.78 is 20.3. The number of fused-ring (bicyclic) bond motifs is 1. The van der Waals surface area contributed by atoms with E-state index in [1.165, 1.54) is 34.4 Å². The molecule has 36 heavy (non-hydrogen) atoms. The molecular weight excluding hydrogens is 499 g/mol. The third-order valence-corrected chi connectivity index (χ3v) is 7.82. The predicted molar refractivity (Wildman–Crippen MR) is 140 cm³/mol. The van der Waals surface area contributed by atoms with Gasteiger partial charge in [0, 0.05) is 0 Å². The van der Waals surface area contributed by atoms with Crippen LogP contribution < -0.4 is 9.64 Å². The van der Waals surface area contributed by atoms with Gasteiger partial charge in [0.2, 0.25) is 5.78 Å². The van der Waals surface area contributed by atoms with Gasteiger partial charge in [-0.15, -0.1) is 11.3 Å². The Morgan fingerprint density at radius 1 is 1.17 bits per heavy atom. The van der Waals surface area contributed by atoms with Crippen LogP contribution in [0.25, 0.3) is 10.2 Å². The molecule has 2 aromatic carbocycles. The number of aliphatic hydroxyl groups is 1. The Morgan fingerprint density at radius 3 is 2.81 bits per heavy atom. The molecule has 6 nitrogen and oxygen atoms in total. The number of hydrogen-bond acceptors (Lipinski definition) is 7. The summed E-state index contributed by atoms with van der Waals surface area (Å²) >= 11 is 2.36. The molecule has 5 rings (SSSR count). The Kier molecular flexibility index (Phi) is 6.84. The van der Waals surface area contributed by atoms with Crippen LogP contribution in [-0.4, -0.2) is 28.4 Å². The summed E-state index contributed by atoms with van der Waals surface area (Å²) in [7, 11) is 0. The Bertz CT molecular complexity index is 1460. The second-order valence-electron chi connectivity index (χ2n) is 8.38. The van der Waals surface area contributed by atoms with Crippen LogP contribution in [-0.2, 0) is 4.79 Å². The van der Waals surface area contributed by atoms with E-state index < -0.39 is 29.3 Å². The van der Waals surface area contributed by atoms with Crippen molar-refractivity contribution in [3.8, 4) is 5.75 Å². The summed E-state index contributed by atoms with van der Waals surface area (Å²) in [6.45, 7) is 2.67. The van der Waals surface area contributed by atoms with E-state index in [4.69, 9.17) is 4.74 Å². The highest BCUT2D eigenvalue weighted by Gasteiger charge is 2.46. The third kappa shape index (κ3) is 4.52. The van der Waals surface area contributed by atoms with E-state index in [1.54, 1.807) is 35.7 Å². The highest BCUT2D eigenvalue weighted by molar-refractivity contribution is 7.22. The molecule has 0 saturated heterocycles. The summed E-state index contributed by atoms with van der Waals surface area (Å²) in [6, 6.07) is 13.9. The van der Waals surface area contributed by atoms with Gasteiger partial charge in [-0.25, -0.2) is 9.37 Å². The first-order valence-electron chi connectivity index (χ1n) is 11.6. The minimum Gasteiger partial charge on any atom is -0.503 e. The molecule has 1 aliphatic heterocycles. The maximum atomic E-state index is 13.8. The van der Waals surface area contributed by atoms with Crippen molar-refractivity contribution in [2.45, 2.75) is 32.2 Å². The molecule has 0 spiro atoms. The number of nitrogens with zero attached hydrogens (tertiary/aromatic N) is 2. The van der Waals surface area contributed by atoms with Crippen LogP contribution in [0.1, 0.15) is 47.5 Å². The molecule has 0 aliphatic carbocycles. The standard InChI is InChI=1S/C27H23FN2O4S2/c1-2-3-4-12-34-18-8-5-7-16(14-18)23-22(24(31)20-9-6-13-35-20)25(32)26(33)30(23)27-29-19-11-10-17(28)15-21(19)36-27/h5-11,13-15,23,32H,2-4,12H2,1H3. The molecule has 0 radical (unpaired) electrons. The van der Waals surface area contributed by atoms with Crippen molar-refractivity contribution in [1.82, 2.24) is 4.98 Å². The summed E-state index contributed by atoms with van der Waals surface area (Å²) in [5, 5.41) is 13.0. The lowest BCUT2D eigenvalue weighted by Crippen LogP contribution is -2.30. The van der Waals surface area contributed by atoms with Crippen LogP contribution in [0.5, 0.6) is 5.75 Å². The van der Waals surface area contributed by atoms with Gasteiger partial charge in [0.1, 0.15) is 11.6 Å². The van der Waals surface area contributed by atoms with Crippen LogP contribution in [0.2, 0.25) is 0 Å². The number of rotatable bonds is 9. The van der Waals surface area contributed by atoms with E-state index >= 15 is 0 Å². The first-order valence-corrected chi connectivity index (χ1v) is 13.3. The van der Waals surface area contributed by atoms with Crippen LogP contribution in [0.15, 0.2) is 71.3 Å². The number of thiophene rings is 1. The van der Waals surface area contributed by atoms with Crippen LogP contribution >= 0.6 is 22.7 Å². The van der Waals surface area contributed by atoms with E-state index in [0.29, 0.717) is 33.0 Å². The van der Waals surface area contributed by atoms with Gasteiger partial charge in [-0.05, 0) is 53.8 Å². The minimum atomic E-state index is -0.920. The lowest BCUT2D eigenvalue weighted by atomic mass is 9.95. The SMILES string of the molecule is CCCCCOc1cccc(C2C(C(=O)c3cccs3)=C(O)C(=O)N2c2nc3ccc(F)cc3s2)c1. The summed E-state index contributed by atoms with van der Waals surface area (Å²) in [6.07, 6.45) is 3.05. The summed E-state index contributed by atoms with van der Waals surface area (Å²) in [5.41, 5.74) is 1.11. The van der Waals surface area contributed by atoms with E-state index in [-0.39, 0.29) is 10.7 Å². The molecule has 0 fully saturated rings. The molecule has 9 heteroatoms. The second kappa shape index (κ2) is 10.2. The fourth-order valence-electron chi connectivity index (χ4n) is 4.20. The lowest BCUT2D eigenvalue weighted by Gasteiger charge is -2.24. The number of carbonyl (C=O) groups is 2. The van der Waals surface area contributed by atoms with Gasteiger partial charge in [0.05, 0.1) is 33.3 Å². The van der Waals surface area contributed by atoms with Crippen molar-refractivity contribution in [2.24, 2.45) is 0 Å². The van der Waals surface area contributed by atoms with Crippen molar-refractivity contribution in [1.29, 1.82) is 0 Å². The number of benzene rings is 2. The monoisotopic (exact) mass is 522 g/mol. The van der Waals surface area contributed by atoms with E-state index in [2.05, 4.69) is 11.9 Å². The molecule has 3 heterocycles. The predicted octanol–water partition coefficient (Wildman–Crippen LogP) is 6.85. The number of aromatic nitrogens is 1. The maximum absolute atomic E-state index is 13.8. The smallest absolute Gasteiger partial charge is 0.296 e. The number of ketones is 1. The van der Waals surface area contributed by atoms with Gasteiger partial charge < -0.3 is 9.84 Å². The third-order valence-electron chi connectivity index (χ3n) is 5.93. The zero-order valence-electron chi connectivity index (χ0n) is 19.4. The average Bonchev–Trinajstić information content (AvgIpc) is 3.60. The normalized spacial score (nSPS) is 15.8. The van der Waals surface area contributed by atoms with Crippen molar-refractivity contribution < 1.29 is 23.8 Å². The van der Waals surface area contributed by atoms with Gasteiger partial charge in [-0.3, -0.25) is 14.5 Å². The number of carbonyl (C=O) groups excluding carboxylic acids is 2. The van der Waals surface area contributed by atoms with Crippen LogP contribution in [0.4, 0.5) is 9.52 Å². The zero-order valence-corrected chi connectivity index (χ0v) is 21.1. The quantitative estimate of drug-likeness (QED) is 0.192. The molecule has 0 saturated carbocycles. The summed E-state index contributed by atoms with van der Waals surface area (Å²) in [5.74, 6) is -1.57. The minimum absolute atomic E-state index is 0.0176. The number of unbranched alkanes of at least 4 members (excludes halogenated alkanes) is 2. The largest absolute Gasteiger partial charge is 0.503 e. The van der Waals surface area contributed by atoms with E-state index in [0.717, 1.165) is 30.6 Å². The van der Waals surface area contributed by atoms with Crippen LogP contribution in [0, 0.1) is 5.82 Å². The fourth-order valence-corrected chi connectivity index (χ4v) is 5.89. The molecule has 184 valence electrons. The second-order valence-corrected chi connectivity index (χ2v) is 10.3. The number of ether oxygens (including phenoxy) is 1. The molecule has 1 N–H and O–H groups in total. The molecule has 1 aliphatic rings. The van der Waals surface area contributed by atoms with Gasteiger partial charge in [-0.2, -0.15) is 0 Å².